The number of Topliss-reactive ketones (excluding diaryl/α,β-unsaturated/α-hetero) is 1. The van der Waals surface area contributed by atoms with Gasteiger partial charge in [0.2, 0.25) is 0 Å². The van der Waals surface area contributed by atoms with Crippen molar-refractivity contribution < 1.29 is 6.17 Å². The van der Waals surface area contributed by atoms with E-state index >= 15 is 0 Å². The summed E-state index contributed by atoms with van der Waals surface area (Å²) in [5, 5.41) is 0. The van der Waals surface area contributed by atoms with E-state index in [2.05, 4.69) is 16.9 Å². The summed E-state index contributed by atoms with van der Waals surface area (Å²) in [5.41, 5.74) is 1.32. The van der Waals surface area contributed by atoms with Crippen LogP contribution in [0.5, 0.6) is 0 Å². The maximum absolute atomic E-state index is 11.2. The van der Waals surface area contributed by atoms with E-state index < -0.39 is 0 Å². The first-order valence-corrected chi connectivity index (χ1v) is 5.27. The molecule has 0 radical (unpaired) electrons. The van der Waals surface area contributed by atoms with Crippen LogP contribution >= 0.6 is 0 Å². The lowest BCUT2D eigenvalue weighted by Gasteiger charge is -2.19. The third kappa shape index (κ3) is 2.07. The summed E-state index contributed by atoms with van der Waals surface area (Å²) in [6.45, 7) is 2.54. The van der Waals surface area contributed by atoms with Crippen molar-refractivity contribution in [1.82, 2.24) is 9.88 Å². The van der Waals surface area contributed by atoms with E-state index in [0.717, 1.165) is 18.5 Å². The summed E-state index contributed by atoms with van der Waals surface area (Å²) in [5.74, 6) is -0.142. The minimum absolute atomic E-state index is 0.142. The number of pyridine rings is 1. The predicted octanol–water partition coefficient (Wildman–Crippen LogP) is 2.05. The van der Waals surface area contributed by atoms with Crippen molar-refractivity contribution >= 4 is 5.78 Å². The summed E-state index contributed by atoms with van der Waals surface area (Å²) in [7, 11) is 2.08. The van der Waals surface area contributed by atoms with E-state index in [-0.39, 0.29) is 17.5 Å². The fraction of sp³-hybridized carbons (Fsp3) is 0.500. The molecule has 0 N–H and O–H groups in total. The molecular weight excluding hydrogens is 188 g/mol. The summed E-state index contributed by atoms with van der Waals surface area (Å²) in [6, 6.07) is 2.37. The molecule has 1 aromatic heterocycles. The fourth-order valence-corrected chi connectivity index (χ4v) is 2.07. The number of likely N-dealkylation sites (tertiary alicyclic amines) is 1. The number of carbonyl (C=O) groups is 1. The quantitative estimate of drug-likeness (QED) is 0.693. The second-order valence-corrected chi connectivity index (χ2v) is 4.09. The lowest BCUT2D eigenvalue weighted by atomic mass is 10.1. The van der Waals surface area contributed by atoms with Gasteiger partial charge >= 0.3 is 0 Å². The van der Waals surface area contributed by atoms with Gasteiger partial charge in [0.15, 0.2) is 5.78 Å². The maximum Gasteiger partial charge on any atom is 0.178 e. The summed E-state index contributed by atoms with van der Waals surface area (Å²) >= 11 is 0. The van der Waals surface area contributed by atoms with Crippen LogP contribution in [0.15, 0.2) is 18.3 Å². The number of carbonyl (C=O) groups excluding carboxylic acids is 1. The lowest BCUT2D eigenvalue weighted by molar-refractivity contribution is 0.101. The standard InChI is InChI=1S/C12H16N2O/c1-9(15)11-6-5-10(8-13-11)12-4-3-7-14(12)2/h5-6,8,12H,3-4,7H2,1-2H3/i6D. The van der Waals surface area contributed by atoms with Gasteiger partial charge in [0.1, 0.15) is 5.69 Å². The molecule has 1 unspecified atom stereocenters. The molecule has 0 saturated carbocycles. The minimum Gasteiger partial charge on any atom is -0.299 e. The average molecular weight is 205 g/mol. The third-order valence-electron chi connectivity index (χ3n) is 2.96. The first-order valence-electron chi connectivity index (χ1n) is 5.77. The molecule has 3 heteroatoms. The Bertz CT molecular complexity index is 419. The van der Waals surface area contributed by atoms with Gasteiger partial charge in [-0.15, -0.1) is 0 Å². The molecule has 1 aromatic rings. The number of aromatic nitrogens is 1. The van der Waals surface area contributed by atoms with Crippen LogP contribution < -0.4 is 0 Å². The molecular formula is C12H16N2O. The largest absolute Gasteiger partial charge is 0.299 e. The Labute approximate surface area is 91.5 Å². The Morgan fingerprint density at radius 3 is 3.07 bits per heavy atom. The van der Waals surface area contributed by atoms with Gasteiger partial charge in [-0.25, -0.2) is 0 Å². The Kier molecular flexibility index (Phi) is 2.47. The summed E-state index contributed by atoms with van der Waals surface area (Å²) in [4.78, 5) is 17.5. The predicted molar refractivity (Wildman–Crippen MR) is 58.8 cm³/mol. The Morgan fingerprint density at radius 1 is 1.73 bits per heavy atom. The molecule has 3 nitrogen and oxygen atoms in total. The first kappa shape index (κ1) is 9.04. The van der Waals surface area contributed by atoms with E-state index in [4.69, 9.17) is 1.37 Å². The zero-order valence-electron chi connectivity index (χ0n) is 10.2. The summed E-state index contributed by atoms with van der Waals surface area (Å²) < 4.78 is 7.77. The van der Waals surface area contributed by atoms with Crippen LogP contribution in [0.3, 0.4) is 0 Å². The van der Waals surface area contributed by atoms with Crippen molar-refractivity contribution in [3.63, 3.8) is 0 Å². The fourth-order valence-electron chi connectivity index (χ4n) is 2.07. The number of hydrogen-bond acceptors (Lipinski definition) is 3. The van der Waals surface area contributed by atoms with Crippen molar-refractivity contribution in [2.24, 2.45) is 0 Å². The maximum atomic E-state index is 11.2. The van der Waals surface area contributed by atoms with E-state index in [1.807, 2.05) is 0 Å². The number of ketones is 1. The van der Waals surface area contributed by atoms with Crippen molar-refractivity contribution in [2.75, 3.05) is 13.6 Å². The molecule has 1 fully saturated rings. The Morgan fingerprint density at radius 2 is 2.53 bits per heavy atom. The topological polar surface area (TPSA) is 33.2 Å². The molecule has 2 heterocycles. The van der Waals surface area contributed by atoms with Crippen molar-refractivity contribution in [2.45, 2.75) is 25.8 Å². The highest BCUT2D eigenvalue weighted by Gasteiger charge is 2.22. The van der Waals surface area contributed by atoms with Gasteiger partial charge in [0, 0.05) is 19.2 Å². The van der Waals surface area contributed by atoms with Gasteiger partial charge in [-0.3, -0.25) is 14.7 Å². The molecule has 1 aliphatic heterocycles. The van der Waals surface area contributed by atoms with E-state index in [1.165, 1.54) is 13.3 Å². The lowest BCUT2D eigenvalue weighted by Crippen LogP contribution is -2.17. The number of rotatable bonds is 2. The van der Waals surface area contributed by atoms with Crippen LogP contribution in [0.1, 0.15) is 43.2 Å². The number of hydrogen-bond donors (Lipinski definition) is 0. The molecule has 2 rings (SSSR count). The van der Waals surface area contributed by atoms with Crippen molar-refractivity contribution in [1.29, 1.82) is 0 Å². The highest BCUT2D eigenvalue weighted by Crippen LogP contribution is 2.29. The second-order valence-electron chi connectivity index (χ2n) is 4.09. The van der Waals surface area contributed by atoms with Crippen LogP contribution in [-0.4, -0.2) is 29.3 Å². The SMILES string of the molecule is [2H]c1cc(C2CCCN2C)cnc1C(C)=O. The van der Waals surface area contributed by atoms with Crippen LogP contribution in [0.25, 0.3) is 0 Å². The zero-order chi connectivity index (χ0) is 11.7. The minimum atomic E-state index is -0.142. The van der Waals surface area contributed by atoms with Gasteiger partial charge in [-0.05, 0) is 38.0 Å². The highest BCUT2D eigenvalue weighted by atomic mass is 16.1. The van der Waals surface area contributed by atoms with Crippen LogP contribution in [0.2, 0.25) is 0 Å². The molecule has 0 aliphatic carbocycles. The van der Waals surface area contributed by atoms with E-state index in [0.29, 0.717) is 6.04 Å². The Balaban J connectivity index is 2.30. The van der Waals surface area contributed by atoms with Crippen molar-refractivity contribution in [3.05, 3.63) is 29.6 Å². The normalized spacial score (nSPS) is 22.8. The molecule has 1 saturated heterocycles. The molecule has 1 atom stereocenters. The monoisotopic (exact) mass is 205 g/mol. The van der Waals surface area contributed by atoms with Crippen LogP contribution in [0, 0.1) is 0 Å². The Hall–Kier alpha value is -1.22. The smallest absolute Gasteiger partial charge is 0.178 e. The molecule has 0 bridgehead atoms. The van der Waals surface area contributed by atoms with Gasteiger partial charge in [-0.1, -0.05) is 6.07 Å². The summed E-state index contributed by atoms with van der Waals surface area (Å²) in [6.07, 6.45) is 4.03. The molecule has 1 aliphatic rings. The molecule has 0 spiro atoms. The van der Waals surface area contributed by atoms with Crippen LogP contribution in [0.4, 0.5) is 0 Å². The van der Waals surface area contributed by atoms with Gasteiger partial charge < -0.3 is 0 Å². The average Bonchev–Trinajstić information content (AvgIpc) is 2.63. The first-order chi connectivity index (χ1) is 7.59. The van der Waals surface area contributed by atoms with Gasteiger partial charge in [0.05, 0.1) is 1.37 Å². The number of nitrogens with zero attached hydrogens (tertiary/aromatic N) is 2. The molecule has 80 valence electrons. The van der Waals surface area contributed by atoms with E-state index in [1.54, 1.807) is 12.3 Å². The molecule has 0 aromatic carbocycles. The second kappa shape index (κ2) is 4.11. The van der Waals surface area contributed by atoms with Gasteiger partial charge in [-0.2, -0.15) is 0 Å². The highest BCUT2D eigenvalue weighted by molar-refractivity contribution is 5.91. The molecule has 0 amide bonds. The van der Waals surface area contributed by atoms with Crippen molar-refractivity contribution in [3.8, 4) is 0 Å². The van der Waals surface area contributed by atoms with E-state index in [9.17, 15) is 4.79 Å². The zero-order valence-corrected chi connectivity index (χ0v) is 9.16. The third-order valence-corrected chi connectivity index (χ3v) is 2.96. The van der Waals surface area contributed by atoms with Gasteiger partial charge in [0.25, 0.3) is 0 Å². The van der Waals surface area contributed by atoms with Crippen LogP contribution in [-0.2, 0) is 0 Å². The molecule has 15 heavy (non-hydrogen) atoms.